The summed E-state index contributed by atoms with van der Waals surface area (Å²) in [7, 11) is 0. The number of hydrogen-bond acceptors (Lipinski definition) is 1. The van der Waals surface area contributed by atoms with Gasteiger partial charge in [0.05, 0.1) is 11.4 Å². The summed E-state index contributed by atoms with van der Waals surface area (Å²) >= 11 is 12.1. The highest BCUT2D eigenvalue weighted by atomic mass is 35.5. The molecule has 2 atom stereocenters. The Morgan fingerprint density at radius 1 is 1.11 bits per heavy atom. The topological polar surface area (TPSA) is 26.0 Å². The third kappa shape index (κ3) is 2.38. The lowest BCUT2D eigenvalue weighted by Gasteiger charge is -2.30. The van der Waals surface area contributed by atoms with Gasteiger partial charge in [-0.25, -0.2) is 0 Å². The van der Waals surface area contributed by atoms with Gasteiger partial charge < -0.3 is 5.73 Å². The van der Waals surface area contributed by atoms with E-state index in [2.05, 4.69) is 0 Å². The van der Waals surface area contributed by atoms with Crippen LogP contribution in [0.5, 0.6) is 0 Å². The Kier molecular flexibility index (Phi) is 2.67. The molecule has 2 aromatic rings. The normalized spacial score (nSPS) is 30.9. The highest BCUT2D eigenvalue weighted by molar-refractivity contribution is 6.42. The molecule has 0 aliphatic heterocycles. The van der Waals surface area contributed by atoms with Crippen molar-refractivity contribution in [2.24, 2.45) is 5.73 Å². The van der Waals surface area contributed by atoms with Crippen molar-refractivity contribution in [1.29, 1.82) is 0 Å². The summed E-state index contributed by atoms with van der Waals surface area (Å²) in [6.07, 6.45) is -1.72. The van der Waals surface area contributed by atoms with Crippen molar-refractivity contribution in [3.8, 4) is 0 Å². The molecule has 1 aliphatic carbocycles. The van der Waals surface area contributed by atoms with Crippen LogP contribution in [0.15, 0.2) is 42.5 Å². The van der Waals surface area contributed by atoms with Crippen LogP contribution in [0.2, 0.25) is 10.0 Å². The van der Waals surface area contributed by atoms with Gasteiger partial charge in [0.15, 0.2) is 0 Å². The Morgan fingerprint density at radius 2 is 1.84 bits per heavy atom. The van der Waals surface area contributed by atoms with Crippen LogP contribution >= 0.6 is 23.2 Å². The largest absolute Gasteiger partial charge is 0.324 e. The van der Waals surface area contributed by atoms with Crippen LogP contribution in [0.25, 0.3) is 0 Å². The average molecular weight is 295 g/mol. The van der Waals surface area contributed by atoms with Crippen molar-refractivity contribution in [2.45, 2.75) is 24.7 Å². The predicted molar refractivity (Wildman–Crippen MR) is 80.9 cm³/mol. The molecule has 1 nitrogen and oxygen atoms in total. The minimum absolute atomic E-state index is 0.127. The molecule has 0 bridgehead atoms. The van der Waals surface area contributed by atoms with E-state index in [0.717, 1.165) is 11.1 Å². The Labute approximate surface area is 127 Å². The van der Waals surface area contributed by atoms with Crippen LogP contribution in [-0.2, 0) is 0 Å². The lowest BCUT2D eigenvalue weighted by Crippen LogP contribution is -2.20. The molecule has 98 valence electrons. The molecule has 3 heteroatoms. The molecule has 3 rings (SSSR count). The molecular weight excluding hydrogens is 277 g/mol. The summed E-state index contributed by atoms with van der Waals surface area (Å²) in [6.45, 7) is 0. The van der Waals surface area contributed by atoms with Gasteiger partial charge in [-0.2, -0.15) is 0 Å². The molecule has 0 aromatic heterocycles. The van der Waals surface area contributed by atoms with Gasteiger partial charge in [0.1, 0.15) is 0 Å². The zero-order valence-electron chi connectivity index (χ0n) is 13.2. The minimum Gasteiger partial charge on any atom is -0.324 e. The molecule has 0 heterocycles. The average Bonchev–Trinajstić information content (AvgIpc) is 2.46. The lowest BCUT2D eigenvalue weighted by atomic mass is 9.77. The van der Waals surface area contributed by atoms with Crippen LogP contribution in [0, 0.1) is 0 Å². The summed E-state index contributed by atoms with van der Waals surface area (Å²) < 4.78 is 24.8. The molecule has 19 heavy (non-hydrogen) atoms. The Bertz CT molecular complexity index is 731. The van der Waals surface area contributed by atoms with E-state index >= 15 is 0 Å². The van der Waals surface area contributed by atoms with Crippen molar-refractivity contribution >= 4 is 23.2 Å². The molecule has 2 N–H and O–H groups in total. The SMILES string of the molecule is [2H]C1([2H])C[C@@H](c2ccc(Cl)c(Cl)c2)c2ccccc2[C@]1([2H])N. The number of nitrogens with two attached hydrogens (primary N) is 1. The van der Waals surface area contributed by atoms with Gasteiger partial charge in [-0.1, -0.05) is 53.5 Å². The molecule has 0 unspecified atom stereocenters. The van der Waals surface area contributed by atoms with Gasteiger partial charge in [0, 0.05) is 14.7 Å². The van der Waals surface area contributed by atoms with Crippen molar-refractivity contribution < 1.29 is 4.11 Å². The maximum atomic E-state index is 8.30. The number of hydrogen-bond donors (Lipinski definition) is 1. The van der Waals surface area contributed by atoms with E-state index < -0.39 is 12.4 Å². The van der Waals surface area contributed by atoms with E-state index in [1.165, 1.54) is 0 Å². The Hall–Kier alpha value is -1.02. The van der Waals surface area contributed by atoms with Gasteiger partial charge in [0.25, 0.3) is 0 Å². The van der Waals surface area contributed by atoms with Crippen molar-refractivity contribution in [1.82, 2.24) is 0 Å². The van der Waals surface area contributed by atoms with Crippen molar-refractivity contribution in [2.75, 3.05) is 0 Å². The van der Waals surface area contributed by atoms with Crippen molar-refractivity contribution in [3.05, 3.63) is 69.2 Å². The lowest BCUT2D eigenvalue weighted by molar-refractivity contribution is 0.530. The first-order chi connectivity index (χ1) is 10.2. The first-order valence-corrected chi connectivity index (χ1v) is 6.83. The van der Waals surface area contributed by atoms with Gasteiger partial charge in [0.2, 0.25) is 0 Å². The zero-order chi connectivity index (χ0) is 16.1. The molecule has 0 amide bonds. The van der Waals surface area contributed by atoms with E-state index in [-0.39, 0.29) is 12.3 Å². The van der Waals surface area contributed by atoms with E-state index in [0.29, 0.717) is 15.6 Å². The number of rotatable bonds is 1. The second-order valence-electron chi connectivity index (χ2n) is 4.61. The van der Waals surface area contributed by atoms with E-state index in [1.807, 2.05) is 18.2 Å². The third-order valence-corrected chi connectivity index (χ3v) is 4.21. The van der Waals surface area contributed by atoms with E-state index in [4.69, 9.17) is 33.0 Å². The number of benzene rings is 2. The molecule has 2 aromatic carbocycles. The number of halogens is 2. The van der Waals surface area contributed by atoms with Gasteiger partial charge >= 0.3 is 0 Å². The van der Waals surface area contributed by atoms with Gasteiger partial charge in [-0.15, -0.1) is 0 Å². The van der Waals surface area contributed by atoms with Crippen LogP contribution < -0.4 is 5.73 Å². The minimum atomic E-state index is -1.85. The van der Waals surface area contributed by atoms with Crippen molar-refractivity contribution in [3.63, 3.8) is 0 Å². The van der Waals surface area contributed by atoms with Gasteiger partial charge in [-0.05, 0) is 41.6 Å². The van der Waals surface area contributed by atoms with E-state index in [9.17, 15) is 0 Å². The molecule has 0 fully saturated rings. The molecule has 1 aliphatic rings. The summed E-state index contributed by atoms with van der Waals surface area (Å²) in [4.78, 5) is 0. The molecule has 0 radical (unpaired) electrons. The maximum absolute atomic E-state index is 8.30. The summed E-state index contributed by atoms with van der Waals surface area (Å²) in [5.41, 5.74) is 8.27. The Morgan fingerprint density at radius 3 is 2.58 bits per heavy atom. The van der Waals surface area contributed by atoms with Crippen LogP contribution in [0.4, 0.5) is 0 Å². The summed E-state index contributed by atoms with van der Waals surface area (Å²) in [6, 6.07) is 10.8. The predicted octanol–water partition coefficient (Wildman–Crippen LogP) is 4.92. The second-order valence-corrected chi connectivity index (χ2v) is 5.42. The maximum Gasteiger partial charge on any atom is 0.0595 e. The highest BCUT2D eigenvalue weighted by Crippen LogP contribution is 2.41. The van der Waals surface area contributed by atoms with Gasteiger partial charge in [-0.3, -0.25) is 0 Å². The third-order valence-electron chi connectivity index (χ3n) is 3.47. The quantitative estimate of drug-likeness (QED) is 0.794. The highest BCUT2D eigenvalue weighted by Gasteiger charge is 2.26. The molecule has 0 saturated heterocycles. The van der Waals surface area contributed by atoms with Crippen LogP contribution in [0.3, 0.4) is 0 Å². The second kappa shape index (κ2) is 5.16. The Balaban J connectivity index is 2.19. The molecular formula is C16H15Cl2N. The fourth-order valence-corrected chi connectivity index (χ4v) is 2.80. The van der Waals surface area contributed by atoms with Crippen LogP contribution in [0.1, 0.15) is 45.5 Å². The first kappa shape index (κ1) is 9.82. The standard InChI is InChI=1S/C16H15Cl2N/c17-14-7-5-10(9-15(14)18)11-6-8-16(19)13-4-2-1-3-12(11)13/h1-5,7,9,11,16H,6,8,19H2/t11-,16+/m0/s1/i8D2,16D. The fourth-order valence-electron chi connectivity index (χ4n) is 2.49. The monoisotopic (exact) mass is 294 g/mol. The first-order valence-electron chi connectivity index (χ1n) is 7.57. The van der Waals surface area contributed by atoms with E-state index in [1.54, 1.807) is 24.3 Å². The smallest absolute Gasteiger partial charge is 0.0595 e. The summed E-state index contributed by atoms with van der Waals surface area (Å²) in [5.74, 6) is -0.206. The zero-order valence-corrected chi connectivity index (χ0v) is 11.7. The molecule has 0 saturated carbocycles. The molecule has 0 spiro atoms. The summed E-state index contributed by atoms with van der Waals surface area (Å²) in [5, 5.41) is 0.902. The number of fused-ring (bicyclic) bond motifs is 1. The fraction of sp³-hybridized carbons (Fsp3) is 0.250. The van der Waals surface area contributed by atoms with Crippen LogP contribution in [-0.4, -0.2) is 0 Å².